The molecular formula is C18H18ClN3O. The Bertz CT molecular complexity index is 706. The lowest BCUT2D eigenvalue weighted by molar-refractivity contribution is 0.0955. The van der Waals surface area contributed by atoms with Crippen molar-refractivity contribution in [3.05, 3.63) is 64.7 Å². The van der Waals surface area contributed by atoms with Crippen molar-refractivity contribution in [2.24, 2.45) is 5.10 Å². The number of rotatable bonds is 4. The first-order valence-electron chi connectivity index (χ1n) is 7.66. The van der Waals surface area contributed by atoms with Crippen LogP contribution < -0.4 is 10.3 Å². The zero-order valence-electron chi connectivity index (χ0n) is 12.7. The number of carbonyl (C=O) groups excluding carboxylic acids is 1. The first kappa shape index (κ1) is 15.6. The summed E-state index contributed by atoms with van der Waals surface area (Å²) in [4.78, 5) is 14.3. The Kier molecular flexibility index (Phi) is 4.93. The van der Waals surface area contributed by atoms with Gasteiger partial charge in [0, 0.05) is 29.4 Å². The van der Waals surface area contributed by atoms with E-state index in [4.69, 9.17) is 11.6 Å². The van der Waals surface area contributed by atoms with Crippen molar-refractivity contribution in [3.63, 3.8) is 0 Å². The topological polar surface area (TPSA) is 44.7 Å². The summed E-state index contributed by atoms with van der Waals surface area (Å²) in [6.07, 6.45) is 4.16. The van der Waals surface area contributed by atoms with Gasteiger partial charge in [-0.1, -0.05) is 29.8 Å². The fraction of sp³-hybridized carbons (Fsp3) is 0.222. The van der Waals surface area contributed by atoms with E-state index in [0.717, 1.165) is 18.7 Å². The number of anilines is 1. The van der Waals surface area contributed by atoms with E-state index in [0.29, 0.717) is 10.6 Å². The van der Waals surface area contributed by atoms with Gasteiger partial charge in [-0.25, -0.2) is 5.43 Å². The molecule has 0 spiro atoms. The summed E-state index contributed by atoms with van der Waals surface area (Å²) in [6, 6.07) is 14.9. The van der Waals surface area contributed by atoms with Gasteiger partial charge in [-0.2, -0.15) is 5.10 Å². The molecule has 0 bridgehead atoms. The molecule has 1 fully saturated rings. The number of nitrogens with zero attached hydrogens (tertiary/aromatic N) is 2. The molecule has 0 unspecified atom stereocenters. The molecule has 1 saturated heterocycles. The smallest absolute Gasteiger partial charge is 0.271 e. The van der Waals surface area contributed by atoms with Crippen LogP contribution in [0, 0.1) is 0 Å². The van der Waals surface area contributed by atoms with Crippen LogP contribution in [-0.4, -0.2) is 25.2 Å². The lowest BCUT2D eigenvalue weighted by Gasteiger charge is -2.17. The average Bonchev–Trinajstić information content (AvgIpc) is 3.10. The third-order valence-electron chi connectivity index (χ3n) is 3.83. The molecule has 1 aliphatic heterocycles. The third-order valence-corrected chi connectivity index (χ3v) is 4.07. The van der Waals surface area contributed by atoms with Crippen LogP contribution in [0.4, 0.5) is 5.69 Å². The quantitative estimate of drug-likeness (QED) is 0.687. The molecule has 5 heteroatoms. The van der Waals surface area contributed by atoms with Crippen molar-refractivity contribution in [1.82, 2.24) is 5.43 Å². The number of carbonyl (C=O) groups is 1. The molecule has 2 aromatic rings. The predicted molar refractivity (Wildman–Crippen MR) is 94.4 cm³/mol. The lowest BCUT2D eigenvalue weighted by atomic mass is 10.2. The van der Waals surface area contributed by atoms with Crippen LogP contribution in [0.5, 0.6) is 0 Å². The van der Waals surface area contributed by atoms with Gasteiger partial charge in [0.1, 0.15) is 0 Å². The van der Waals surface area contributed by atoms with E-state index in [9.17, 15) is 4.79 Å². The van der Waals surface area contributed by atoms with Crippen molar-refractivity contribution in [3.8, 4) is 0 Å². The summed E-state index contributed by atoms with van der Waals surface area (Å²) >= 11 is 5.87. The number of amides is 1. The van der Waals surface area contributed by atoms with Crippen LogP contribution in [0.25, 0.3) is 0 Å². The van der Waals surface area contributed by atoms with E-state index >= 15 is 0 Å². The SMILES string of the molecule is O=C(N/N=C\c1ccc(N2CCCC2)cc1)c1cccc(Cl)c1. The Labute approximate surface area is 140 Å². The molecule has 1 amide bonds. The van der Waals surface area contributed by atoms with Gasteiger partial charge in [0.25, 0.3) is 5.91 Å². The minimum atomic E-state index is -0.280. The molecule has 118 valence electrons. The summed E-state index contributed by atoms with van der Waals surface area (Å²) in [5.74, 6) is -0.280. The molecule has 0 radical (unpaired) electrons. The summed E-state index contributed by atoms with van der Waals surface area (Å²) in [6.45, 7) is 2.26. The molecule has 1 N–H and O–H groups in total. The van der Waals surface area contributed by atoms with Gasteiger partial charge in [0.2, 0.25) is 0 Å². The molecule has 3 rings (SSSR count). The number of benzene rings is 2. The summed E-state index contributed by atoms with van der Waals surface area (Å²) < 4.78 is 0. The Hall–Kier alpha value is -2.33. The Balaban J connectivity index is 1.58. The van der Waals surface area contributed by atoms with Gasteiger partial charge in [-0.05, 0) is 48.7 Å². The van der Waals surface area contributed by atoms with Crippen LogP contribution in [0.3, 0.4) is 0 Å². The highest BCUT2D eigenvalue weighted by molar-refractivity contribution is 6.30. The summed E-state index contributed by atoms with van der Waals surface area (Å²) in [5, 5.41) is 4.52. The van der Waals surface area contributed by atoms with Gasteiger partial charge in [-0.3, -0.25) is 4.79 Å². The van der Waals surface area contributed by atoms with Crippen molar-refractivity contribution in [2.45, 2.75) is 12.8 Å². The molecule has 23 heavy (non-hydrogen) atoms. The second kappa shape index (κ2) is 7.29. The predicted octanol–water partition coefficient (Wildman–Crippen LogP) is 3.70. The average molecular weight is 328 g/mol. The molecule has 1 heterocycles. The molecule has 0 atom stereocenters. The molecular weight excluding hydrogens is 310 g/mol. The molecule has 0 aliphatic carbocycles. The van der Waals surface area contributed by atoms with Crippen LogP contribution in [0.15, 0.2) is 53.6 Å². The van der Waals surface area contributed by atoms with E-state index < -0.39 is 0 Å². The van der Waals surface area contributed by atoms with E-state index in [1.165, 1.54) is 18.5 Å². The highest BCUT2D eigenvalue weighted by Gasteiger charge is 2.11. The first-order valence-corrected chi connectivity index (χ1v) is 8.04. The maximum absolute atomic E-state index is 11.9. The van der Waals surface area contributed by atoms with Gasteiger partial charge in [0.05, 0.1) is 6.21 Å². The second-order valence-electron chi connectivity index (χ2n) is 5.50. The zero-order valence-corrected chi connectivity index (χ0v) is 13.5. The van der Waals surface area contributed by atoms with Crippen molar-refractivity contribution in [2.75, 3.05) is 18.0 Å². The normalized spacial score (nSPS) is 14.4. The largest absolute Gasteiger partial charge is 0.372 e. The van der Waals surface area contributed by atoms with Crippen LogP contribution in [0.1, 0.15) is 28.8 Å². The molecule has 0 saturated carbocycles. The van der Waals surface area contributed by atoms with Crippen molar-refractivity contribution >= 4 is 29.4 Å². The molecule has 4 nitrogen and oxygen atoms in total. The van der Waals surface area contributed by atoms with E-state index in [2.05, 4.69) is 27.6 Å². The van der Waals surface area contributed by atoms with E-state index in [-0.39, 0.29) is 5.91 Å². The van der Waals surface area contributed by atoms with Crippen molar-refractivity contribution in [1.29, 1.82) is 0 Å². The van der Waals surface area contributed by atoms with E-state index in [1.54, 1.807) is 30.5 Å². The molecule has 0 aromatic heterocycles. The number of halogens is 1. The fourth-order valence-corrected chi connectivity index (χ4v) is 2.80. The van der Waals surface area contributed by atoms with Gasteiger partial charge < -0.3 is 4.90 Å². The Morgan fingerprint density at radius 3 is 2.57 bits per heavy atom. The fourth-order valence-electron chi connectivity index (χ4n) is 2.61. The van der Waals surface area contributed by atoms with Gasteiger partial charge in [0.15, 0.2) is 0 Å². The zero-order chi connectivity index (χ0) is 16.1. The highest BCUT2D eigenvalue weighted by Crippen LogP contribution is 2.19. The maximum atomic E-state index is 11.9. The minimum Gasteiger partial charge on any atom is -0.372 e. The van der Waals surface area contributed by atoms with Crippen LogP contribution >= 0.6 is 11.6 Å². The van der Waals surface area contributed by atoms with Gasteiger partial charge in [-0.15, -0.1) is 0 Å². The lowest BCUT2D eigenvalue weighted by Crippen LogP contribution is -2.18. The summed E-state index contributed by atoms with van der Waals surface area (Å²) in [7, 11) is 0. The minimum absolute atomic E-state index is 0.280. The summed E-state index contributed by atoms with van der Waals surface area (Å²) in [5.41, 5.74) is 5.17. The molecule has 1 aliphatic rings. The number of hydrogen-bond donors (Lipinski definition) is 1. The molecule has 2 aromatic carbocycles. The maximum Gasteiger partial charge on any atom is 0.271 e. The van der Waals surface area contributed by atoms with Crippen LogP contribution in [0.2, 0.25) is 5.02 Å². The highest BCUT2D eigenvalue weighted by atomic mass is 35.5. The number of nitrogens with one attached hydrogen (secondary N) is 1. The Morgan fingerprint density at radius 1 is 1.13 bits per heavy atom. The van der Waals surface area contributed by atoms with Gasteiger partial charge >= 0.3 is 0 Å². The number of hydrogen-bond acceptors (Lipinski definition) is 3. The first-order chi connectivity index (χ1) is 11.2. The monoisotopic (exact) mass is 327 g/mol. The second-order valence-corrected chi connectivity index (χ2v) is 5.93. The van der Waals surface area contributed by atoms with Crippen LogP contribution in [-0.2, 0) is 0 Å². The van der Waals surface area contributed by atoms with Crippen molar-refractivity contribution < 1.29 is 4.79 Å². The third kappa shape index (κ3) is 4.11. The Morgan fingerprint density at radius 2 is 1.87 bits per heavy atom. The van der Waals surface area contributed by atoms with E-state index in [1.807, 2.05) is 12.1 Å². The number of hydrazone groups is 1. The standard InChI is InChI=1S/C18H18ClN3O/c19-16-5-3-4-15(12-16)18(23)21-20-13-14-6-8-17(9-7-14)22-10-1-2-11-22/h3-9,12-13H,1-2,10-11H2,(H,21,23)/b20-13-.